The predicted molar refractivity (Wildman–Crippen MR) is 84.2 cm³/mol. The lowest BCUT2D eigenvalue weighted by Crippen LogP contribution is -2.41. The largest absolute Gasteiger partial charge is 0.493 e. The number of unbranched alkanes of at least 4 members (excludes halogenated alkanes) is 1. The highest BCUT2D eigenvalue weighted by atomic mass is 16.5. The van der Waals surface area contributed by atoms with E-state index in [9.17, 15) is 14.4 Å². The highest BCUT2D eigenvalue weighted by Gasteiger charge is 2.18. The molecular weight excluding hydrogens is 300 g/mol. The average molecular weight is 322 g/mol. The minimum Gasteiger partial charge on any atom is -0.493 e. The molecule has 0 fully saturated rings. The second-order valence-corrected chi connectivity index (χ2v) is 5.09. The minimum absolute atomic E-state index is 0.0491. The number of carbonyl (C=O) groups is 3. The molecule has 1 aromatic rings. The smallest absolute Gasteiger partial charge is 0.326 e. The first-order chi connectivity index (χ1) is 10.9. The molecule has 1 atom stereocenters. The number of rotatable bonds is 10. The Balaban J connectivity index is 2.37. The Kier molecular flexibility index (Phi) is 7.59. The lowest BCUT2D eigenvalue weighted by molar-refractivity contribution is -0.142. The van der Waals surface area contributed by atoms with Crippen LogP contribution in [0.15, 0.2) is 24.3 Å². The van der Waals surface area contributed by atoms with Gasteiger partial charge in [0.05, 0.1) is 13.0 Å². The zero-order valence-corrected chi connectivity index (χ0v) is 13.1. The summed E-state index contributed by atoms with van der Waals surface area (Å²) in [5.41, 5.74) is 5.50. The highest BCUT2D eigenvalue weighted by Crippen LogP contribution is 2.12. The van der Waals surface area contributed by atoms with E-state index in [0.29, 0.717) is 17.7 Å². The molecule has 0 bridgehead atoms. The van der Waals surface area contributed by atoms with Crippen LogP contribution in [-0.2, 0) is 9.59 Å². The van der Waals surface area contributed by atoms with E-state index in [1.54, 1.807) is 12.1 Å². The number of benzene rings is 1. The van der Waals surface area contributed by atoms with E-state index in [1.807, 2.05) is 6.92 Å². The first-order valence-corrected chi connectivity index (χ1v) is 7.49. The summed E-state index contributed by atoms with van der Waals surface area (Å²) in [6.07, 6.45) is 2.06. The Hall–Kier alpha value is -2.57. The van der Waals surface area contributed by atoms with Crippen LogP contribution in [0.25, 0.3) is 0 Å². The number of carboxylic acid groups (broad SMARTS) is 1. The van der Waals surface area contributed by atoms with Crippen LogP contribution in [0.2, 0.25) is 0 Å². The van der Waals surface area contributed by atoms with E-state index >= 15 is 0 Å². The number of primary amides is 1. The van der Waals surface area contributed by atoms with Crippen LogP contribution in [0.3, 0.4) is 0 Å². The maximum atomic E-state index is 11.7. The van der Waals surface area contributed by atoms with Gasteiger partial charge in [0, 0.05) is 5.56 Å². The highest BCUT2D eigenvalue weighted by molar-refractivity contribution is 5.92. The number of hydrogen-bond donors (Lipinski definition) is 3. The Morgan fingerprint density at radius 1 is 1.26 bits per heavy atom. The standard InChI is InChI=1S/C16H22N2O5/c1-2-3-4-13(16(21)22)18-14(19)9-10-23-12-7-5-11(6-8-12)15(17)20/h5-8,13H,2-4,9-10H2,1H3,(H2,17,20)(H,18,19)(H,21,22)/t13-/m0/s1. The van der Waals surface area contributed by atoms with E-state index in [2.05, 4.69) is 5.32 Å². The second-order valence-electron chi connectivity index (χ2n) is 5.09. The van der Waals surface area contributed by atoms with E-state index in [-0.39, 0.29) is 18.9 Å². The Morgan fingerprint density at radius 3 is 2.43 bits per heavy atom. The van der Waals surface area contributed by atoms with Gasteiger partial charge in [0.1, 0.15) is 11.8 Å². The Labute approximate surface area is 134 Å². The van der Waals surface area contributed by atoms with Crippen LogP contribution in [0.5, 0.6) is 5.75 Å². The van der Waals surface area contributed by atoms with Gasteiger partial charge in [-0.1, -0.05) is 19.8 Å². The lowest BCUT2D eigenvalue weighted by Gasteiger charge is -2.14. The molecule has 126 valence electrons. The maximum absolute atomic E-state index is 11.7. The quantitative estimate of drug-likeness (QED) is 0.600. The molecule has 7 heteroatoms. The van der Waals surface area contributed by atoms with Crippen molar-refractivity contribution in [2.45, 2.75) is 38.6 Å². The van der Waals surface area contributed by atoms with Crippen molar-refractivity contribution in [2.75, 3.05) is 6.61 Å². The molecule has 0 aliphatic rings. The maximum Gasteiger partial charge on any atom is 0.326 e. The molecular formula is C16H22N2O5. The molecule has 0 heterocycles. The third kappa shape index (κ3) is 6.82. The van der Waals surface area contributed by atoms with Crippen molar-refractivity contribution in [1.29, 1.82) is 0 Å². The molecule has 0 saturated heterocycles. The van der Waals surface area contributed by atoms with Crippen LogP contribution < -0.4 is 15.8 Å². The number of nitrogens with two attached hydrogens (primary N) is 1. The van der Waals surface area contributed by atoms with E-state index in [1.165, 1.54) is 12.1 Å². The summed E-state index contributed by atoms with van der Waals surface area (Å²) in [5, 5.41) is 11.5. The fourth-order valence-corrected chi connectivity index (χ4v) is 1.91. The molecule has 2 amide bonds. The Morgan fingerprint density at radius 2 is 1.91 bits per heavy atom. The van der Waals surface area contributed by atoms with Crippen LogP contribution in [0.4, 0.5) is 0 Å². The summed E-state index contributed by atoms with van der Waals surface area (Å²) >= 11 is 0. The summed E-state index contributed by atoms with van der Waals surface area (Å²) in [6, 6.07) is 5.36. The number of carboxylic acids is 1. The van der Waals surface area contributed by atoms with Crippen molar-refractivity contribution < 1.29 is 24.2 Å². The van der Waals surface area contributed by atoms with Gasteiger partial charge in [0.25, 0.3) is 0 Å². The van der Waals surface area contributed by atoms with E-state index in [0.717, 1.165) is 12.8 Å². The number of amides is 2. The summed E-state index contributed by atoms with van der Waals surface area (Å²) in [5.74, 6) is -1.43. The molecule has 0 spiro atoms. The molecule has 0 aliphatic heterocycles. The van der Waals surface area contributed by atoms with Gasteiger partial charge in [0.15, 0.2) is 0 Å². The molecule has 1 aromatic carbocycles. The molecule has 7 nitrogen and oxygen atoms in total. The monoisotopic (exact) mass is 322 g/mol. The first-order valence-electron chi connectivity index (χ1n) is 7.49. The Bertz CT molecular complexity index is 542. The third-order valence-electron chi connectivity index (χ3n) is 3.22. The van der Waals surface area contributed by atoms with Gasteiger partial charge in [-0.05, 0) is 30.7 Å². The lowest BCUT2D eigenvalue weighted by atomic mass is 10.1. The van der Waals surface area contributed by atoms with Crippen molar-refractivity contribution in [1.82, 2.24) is 5.32 Å². The van der Waals surface area contributed by atoms with Gasteiger partial charge in [-0.2, -0.15) is 0 Å². The zero-order valence-electron chi connectivity index (χ0n) is 13.1. The van der Waals surface area contributed by atoms with Crippen LogP contribution in [0.1, 0.15) is 43.0 Å². The van der Waals surface area contributed by atoms with Gasteiger partial charge in [-0.15, -0.1) is 0 Å². The summed E-state index contributed by atoms with van der Waals surface area (Å²) < 4.78 is 5.37. The summed E-state index contributed by atoms with van der Waals surface area (Å²) in [6.45, 7) is 2.07. The molecule has 23 heavy (non-hydrogen) atoms. The SMILES string of the molecule is CCCC[C@H](NC(=O)CCOc1ccc(C(N)=O)cc1)C(=O)O. The van der Waals surface area contributed by atoms with Gasteiger partial charge in [-0.25, -0.2) is 4.79 Å². The minimum atomic E-state index is -1.03. The average Bonchev–Trinajstić information content (AvgIpc) is 2.51. The zero-order chi connectivity index (χ0) is 17.2. The van der Waals surface area contributed by atoms with E-state index < -0.39 is 17.9 Å². The van der Waals surface area contributed by atoms with Crippen molar-refractivity contribution in [3.8, 4) is 5.75 Å². The molecule has 0 aliphatic carbocycles. The summed E-state index contributed by atoms with van der Waals surface area (Å²) in [7, 11) is 0. The number of carbonyl (C=O) groups excluding carboxylic acids is 2. The van der Waals surface area contributed by atoms with Crippen molar-refractivity contribution in [2.24, 2.45) is 5.73 Å². The number of ether oxygens (including phenoxy) is 1. The van der Waals surface area contributed by atoms with Crippen LogP contribution in [-0.4, -0.2) is 35.5 Å². The van der Waals surface area contributed by atoms with Crippen molar-refractivity contribution in [3.63, 3.8) is 0 Å². The van der Waals surface area contributed by atoms with Crippen LogP contribution >= 0.6 is 0 Å². The molecule has 0 unspecified atom stereocenters. The predicted octanol–water partition coefficient (Wildman–Crippen LogP) is 1.31. The topological polar surface area (TPSA) is 119 Å². The molecule has 4 N–H and O–H groups in total. The van der Waals surface area contributed by atoms with Crippen molar-refractivity contribution in [3.05, 3.63) is 29.8 Å². The molecule has 0 aromatic heterocycles. The second kappa shape index (κ2) is 9.45. The normalized spacial score (nSPS) is 11.5. The van der Waals surface area contributed by atoms with Gasteiger partial charge >= 0.3 is 5.97 Å². The van der Waals surface area contributed by atoms with Crippen LogP contribution in [0, 0.1) is 0 Å². The number of nitrogens with one attached hydrogen (secondary N) is 1. The fraction of sp³-hybridized carbons (Fsp3) is 0.438. The van der Waals surface area contributed by atoms with Gasteiger partial charge < -0.3 is 20.9 Å². The first kappa shape index (κ1) is 18.5. The number of hydrogen-bond acceptors (Lipinski definition) is 4. The van der Waals surface area contributed by atoms with Gasteiger partial charge in [0.2, 0.25) is 11.8 Å². The molecule has 1 rings (SSSR count). The van der Waals surface area contributed by atoms with Gasteiger partial charge in [-0.3, -0.25) is 9.59 Å². The fourth-order valence-electron chi connectivity index (χ4n) is 1.91. The summed E-state index contributed by atoms with van der Waals surface area (Å²) in [4.78, 5) is 33.7. The third-order valence-corrected chi connectivity index (χ3v) is 3.22. The van der Waals surface area contributed by atoms with Crippen molar-refractivity contribution >= 4 is 17.8 Å². The molecule has 0 saturated carbocycles. The van der Waals surface area contributed by atoms with E-state index in [4.69, 9.17) is 15.6 Å². The molecule has 0 radical (unpaired) electrons. The number of aliphatic carboxylic acids is 1.